The highest BCUT2D eigenvalue weighted by atomic mass is 16.3. The molecule has 0 atom stereocenters. The van der Waals surface area contributed by atoms with Crippen molar-refractivity contribution in [2.24, 2.45) is 4.99 Å². The van der Waals surface area contributed by atoms with Crippen LogP contribution in [0.3, 0.4) is 0 Å². The van der Waals surface area contributed by atoms with E-state index < -0.39 is 0 Å². The van der Waals surface area contributed by atoms with Crippen LogP contribution in [0.4, 0.5) is 5.69 Å². The number of rotatable bonds is 5. The summed E-state index contributed by atoms with van der Waals surface area (Å²) in [5.74, 6) is 2.01. The number of piperazine rings is 1. The van der Waals surface area contributed by atoms with Gasteiger partial charge in [0.25, 0.3) is 0 Å². The molecule has 0 spiro atoms. The molecule has 1 aliphatic rings. The second-order valence-corrected chi connectivity index (χ2v) is 7.17. The fourth-order valence-corrected chi connectivity index (χ4v) is 3.64. The standard InChI is InChI=1S/C22H27N7O/c1-2-23-22(24-15-17-6-5-7-18(14-17)21-25-16-26-27-21)29-12-10-28(11-13-29)19-8-3-4-9-20(19)30/h3-9,14,16,30H,2,10-13,15H2,1H3,(H,23,24)(H,25,26,27). The Hall–Kier alpha value is -3.55. The lowest BCUT2D eigenvalue weighted by atomic mass is 10.1. The van der Waals surface area contributed by atoms with E-state index in [9.17, 15) is 5.11 Å². The van der Waals surface area contributed by atoms with E-state index in [2.05, 4.69) is 49.4 Å². The van der Waals surface area contributed by atoms with E-state index in [0.29, 0.717) is 12.3 Å². The van der Waals surface area contributed by atoms with Crippen molar-refractivity contribution in [2.75, 3.05) is 37.6 Å². The van der Waals surface area contributed by atoms with Crippen molar-refractivity contribution < 1.29 is 5.11 Å². The average Bonchev–Trinajstić information content (AvgIpc) is 3.33. The molecule has 0 bridgehead atoms. The van der Waals surface area contributed by atoms with Crippen LogP contribution in [0, 0.1) is 0 Å². The number of hydrogen-bond donors (Lipinski definition) is 3. The van der Waals surface area contributed by atoms with E-state index in [-0.39, 0.29) is 0 Å². The molecule has 3 aromatic rings. The van der Waals surface area contributed by atoms with E-state index in [1.54, 1.807) is 6.07 Å². The normalized spacial score (nSPS) is 14.8. The Balaban J connectivity index is 1.42. The number of nitrogens with one attached hydrogen (secondary N) is 2. The van der Waals surface area contributed by atoms with Gasteiger partial charge >= 0.3 is 0 Å². The molecule has 0 radical (unpaired) electrons. The molecule has 0 amide bonds. The summed E-state index contributed by atoms with van der Waals surface area (Å²) in [7, 11) is 0. The molecule has 2 heterocycles. The number of H-pyrrole nitrogens is 1. The molecule has 30 heavy (non-hydrogen) atoms. The van der Waals surface area contributed by atoms with Gasteiger partial charge in [0.15, 0.2) is 11.8 Å². The zero-order valence-electron chi connectivity index (χ0n) is 17.1. The third-order valence-electron chi connectivity index (χ3n) is 5.16. The third kappa shape index (κ3) is 4.53. The Morgan fingerprint density at radius 3 is 2.70 bits per heavy atom. The Morgan fingerprint density at radius 1 is 1.13 bits per heavy atom. The maximum absolute atomic E-state index is 10.1. The molecule has 1 saturated heterocycles. The van der Waals surface area contributed by atoms with Crippen molar-refractivity contribution in [1.29, 1.82) is 0 Å². The molecule has 4 rings (SSSR count). The largest absolute Gasteiger partial charge is 0.506 e. The lowest BCUT2D eigenvalue weighted by molar-refractivity contribution is 0.369. The average molecular weight is 406 g/mol. The van der Waals surface area contributed by atoms with Gasteiger partial charge in [0, 0.05) is 38.3 Å². The highest BCUT2D eigenvalue weighted by Crippen LogP contribution is 2.27. The van der Waals surface area contributed by atoms with Gasteiger partial charge in [-0.05, 0) is 30.7 Å². The Kier molecular flexibility index (Phi) is 6.12. The molecular formula is C22H27N7O. The van der Waals surface area contributed by atoms with Crippen molar-refractivity contribution in [2.45, 2.75) is 13.5 Å². The second kappa shape index (κ2) is 9.30. The maximum atomic E-state index is 10.1. The molecular weight excluding hydrogens is 378 g/mol. The van der Waals surface area contributed by atoms with Gasteiger partial charge in [0.2, 0.25) is 0 Å². The summed E-state index contributed by atoms with van der Waals surface area (Å²) >= 11 is 0. The first kappa shape index (κ1) is 19.8. The zero-order valence-corrected chi connectivity index (χ0v) is 17.1. The molecule has 1 aliphatic heterocycles. The van der Waals surface area contributed by atoms with Crippen molar-refractivity contribution >= 4 is 11.6 Å². The lowest BCUT2D eigenvalue weighted by Gasteiger charge is -2.37. The molecule has 0 unspecified atom stereocenters. The Labute approximate surface area is 176 Å². The topological polar surface area (TPSA) is 92.7 Å². The number of aromatic hydroxyl groups is 1. The van der Waals surface area contributed by atoms with Gasteiger partial charge in [0.1, 0.15) is 12.1 Å². The number of anilines is 1. The van der Waals surface area contributed by atoms with Gasteiger partial charge in [-0.1, -0.05) is 30.3 Å². The van der Waals surface area contributed by atoms with Gasteiger partial charge in [-0.15, -0.1) is 0 Å². The van der Waals surface area contributed by atoms with Crippen LogP contribution >= 0.6 is 0 Å². The summed E-state index contributed by atoms with van der Waals surface area (Å²) in [6.45, 7) is 6.85. The maximum Gasteiger partial charge on any atom is 0.194 e. The van der Waals surface area contributed by atoms with Crippen LogP contribution in [0.1, 0.15) is 12.5 Å². The first-order chi connectivity index (χ1) is 14.7. The van der Waals surface area contributed by atoms with Crippen molar-refractivity contribution in [3.63, 3.8) is 0 Å². The highest BCUT2D eigenvalue weighted by Gasteiger charge is 2.21. The molecule has 0 saturated carbocycles. The minimum absolute atomic E-state index is 0.332. The Bertz CT molecular complexity index is 979. The molecule has 156 valence electrons. The van der Waals surface area contributed by atoms with Crippen LogP contribution in [-0.4, -0.2) is 63.9 Å². The van der Waals surface area contributed by atoms with E-state index in [0.717, 1.165) is 61.3 Å². The van der Waals surface area contributed by atoms with E-state index in [1.807, 2.05) is 30.3 Å². The van der Waals surface area contributed by atoms with Crippen LogP contribution in [0.5, 0.6) is 5.75 Å². The highest BCUT2D eigenvalue weighted by molar-refractivity contribution is 5.80. The third-order valence-corrected chi connectivity index (χ3v) is 5.16. The molecule has 0 aliphatic carbocycles. The van der Waals surface area contributed by atoms with Gasteiger partial charge in [-0.3, -0.25) is 5.10 Å². The number of phenolic OH excluding ortho intramolecular Hbond substituents is 1. The van der Waals surface area contributed by atoms with Crippen LogP contribution in [0.2, 0.25) is 0 Å². The molecule has 1 aromatic heterocycles. The summed E-state index contributed by atoms with van der Waals surface area (Å²) in [5.41, 5.74) is 3.01. The smallest absolute Gasteiger partial charge is 0.194 e. The van der Waals surface area contributed by atoms with Gasteiger partial charge in [0.05, 0.1) is 12.2 Å². The summed E-state index contributed by atoms with van der Waals surface area (Å²) in [6.07, 6.45) is 1.51. The molecule has 8 nitrogen and oxygen atoms in total. The van der Waals surface area contributed by atoms with Crippen LogP contribution in [-0.2, 0) is 6.54 Å². The van der Waals surface area contributed by atoms with Crippen LogP contribution in [0.25, 0.3) is 11.4 Å². The van der Waals surface area contributed by atoms with Crippen molar-refractivity contribution in [1.82, 2.24) is 25.4 Å². The minimum Gasteiger partial charge on any atom is -0.506 e. The molecule has 3 N–H and O–H groups in total. The van der Waals surface area contributed by atoms with E-state index >= 15 is 0 Å². The van der Waals surface area contributed by atoms with E-state index in [1.165, 1.54) is 6.33 Å². The summed E-state index contributed by atoms with van der Waals surface area (Å²) in [6, 6.07) is 15.7. The minimum atomic E-state index is 0.332. The fourth-order valence-electron chi connectivity index (χ4n) is 3.64. The second-order valence-electron chi connectivity index (χ2n) is 7.17. The number of phenols is 1. The first-order valence-electron chi connectivity index (χ1n) is 10.3. The van der Waals surface area contributed by atoms with Crippen LogP contribution in [0.15, 0.2) is 59.9 Å². The first-order valence-corrected chi connectivity index (χ1v) is 10.3. The lowest BCUT2D eigenvalue weighted by Crippen LogP contribution is -2.52. The summed E-state index contributed by atoms with van der Waals surface area (Å²) < 4.78 is 0. The predicted octanol–water partition coefficient (Wildman–Crippen LogP) is 2.47. The summed E-state index contributed by atoms with van der Waals surface area (Å²) in [5, 5.41) is 20.4. The zero-order chi connectivity index (χ0) is 20.8. The van der Waals surface area contributed by atoms with E-state index in [4.69, 9.17) is 4.99 Å². The number of guanidine groups is 1. The van der Waals surface area contributed by atoms with Gasteiger partial charge < -0.3 is 20.2 Å². The number of nitrogens with zero attached hydrogens (tertiary/aromatic N) is 5. The van der Waals surface area contributed by atoms with Crippen molar-refractivity contribution in [3.8, 4) is 17.1 Å². The SMILES string of the molecule is CCNC(=NCc1cccc(-c2ncn[nH]2)c1)N1CCN(c2ccccc2O)CC1. The number of aromatic amines is 1. The quantitative estimate of drug-likeness (QED) is 0.446. The number of para-hydroxylation sites is 2. The summed E-state index contributed by atoms with van der Waals surface area (Å²) in [4.78, 5) is 13.6. The number of benzene rings is 2. The fraction of sp³-hybridized carbons (Fsp3) is 0.318. The van der Waals surface area contributed by atoms with Gasteiger partial charge in [-0.2, -0.15) is 5.10 Å². The predicted molar refractivity (Wildman–Crippen MR) is 119 cm³/mol. The van der Waals surface area contributed by atoms with Crippen molar-refractivity contribution in [3.05, 3.63) is 60.4 Å². The number of aromatic nitrogens is 3. The monoisotopic (exact) mass is 405 g/mol. The van der Waals surface area contributed by atoms with Crippen LogP contribution < -0.4 is 10.2 Å². The molecule has 8 heteroatoms. The van der Waals surface area contributed by atoms with Gasteiger partial charge in [-0.25, -0.2) is 9.98 Å². The number of hydrogen-bond acceptors (Lipinski definition) is 5. The number of aliphatic imine (C=N–C) groups is 1. The molecule has 2 aromatic carbocycles. The molecule has 1 fully saturated rings. The Morgan fingerprint density at radius 2 is 1.97 bits per heavy atom.